The monoisotopic (exact) mass is 372 g/mol. The van der Waals surface area contributed by atoms with E-state index in [1.807, 2.05) is 18.2 Å². The number of phenolic OH excluding ortho intramolecular Hbond substituents is 1. The molecule has 5 heteroatoms. The first kappa shape index (κ1) is 18.4. The van der Waals surface area contributed by atoms with Gasteiger partial charge in [-0.15, -0.1) is 0 Å². The molecule has 2 aliphatic heterocycles. The van der Waals surface area contributed by atoms with E-state index in [4.69, 9.17) is 0 Å². The molecule has 1 unspecified atom stereocenters. The van der Waals surface area contributed by atoms with Crippen LogP contribution in [0.15, 0.2) is 42.5 Å². The lowest BCUT2D eigenvalue weighted by Crippen LogP contribution is -2.44. The number of phenols is 1. The van der Waals surface area contributed by atoms with Gasteiger partial charge in [0.05, 0.1) is 0 Å². The minimum atomic E-state index is -0.766. The Labute approximate surface area is 159 Å². The highest BCUT2D eigenvalue weighted by Crippen LogP contribution is 2.40. The van der Waals surface area contributed by atoms with Gasteiger partial charge in [0.2, 0.25) is 0 Å². The molecule has 2 aromatic rings. The van der Waals surface area contributed by atoms with E-state index in [0.29, 0.717) is 17.9 Å². The fraction of sp³-hybridized carbons (Fsp3) is 0.455. The Morgan fingerprint density at radius 3 is 2.52 bits per heavy atom. The molecule has 1 spiro atoms. The van der Waals surface area contributed by atoms with E-state index in [2.05, 4.69) is 9.80 Å². The second-order valence-electron chi connectivity index (χ2n) is 8.16. The third-order valence-electron chi connectivity index (χ3n) is 6.00. The predicted molar refractivity (Wildman–Crippen MR) is 101 cm³/mol. The SMILES string of the molecule is Oc1cccc(CN2CCC3(CCCN(Cc4cccc(F)c4F)C3)C2)c1. The van der Waals surface area contributed by atoms with Gasteiger partial charge in [-0.3, -0.25) is 9.80 Å². The van der Waals surface area contributed by atoms with Crippen molar-refractivity contribution in [3.63, 3.8) is 0 Å². The summed E-state index contributed by atoms with van der Waals surface area (Å²) in [6, 6.07) is 11.9. The lowest BCUT2D eigenvalue weighted by Gasteiger charge is -2.40. The maximum Gasteiger partial charge on any atom is 0.163 e. The average Bonchev–Trinajstić information content (AvgIpc) is 3.01. The zero-order valence-corrected chi connectivity index (χ0v) is 15.5. The van der Waals surface area contributed by atoms with Crippen LogP contribution in [-0.2, 0) is 13.1 Å². The van der Waals surface area contributed by atoms with Crippen molar-refractivity contribution in [3.8, 4) is 5.75 Å². The Bertz CT molecular complexity index is 813. The Balaban J connectivity index is 1.40. The van der Waals surface area contributed by atoms with Crippen molar-refractivity contribution in [2.45, 2.75) is 32.4 Å². The quantitative estimate of drug-likeness (QED) is 0.873. The molecule has 2 heterocycles. The molecule has 3 nitrogen and oxygen atoms in total. The number of hydrogen-bond donors (Lipinski definition) is 1. The van der Waals surface area contributed by atoms with Gasteiger partial charge >= 0.3 is 0 Å². The third-order valence-corrected chi connectivity index (χ3v) is 6.00. The number of hydrogen-bond acceptors (Lipinski definition) is 3. The number of nitrogens with zero attached hydrogens (tertiary/aromatic N) is 2. The van der Waals surface area contributed by atoms with Crippen LogP contribution < -0.4 is 0 Å². The molecule has 0 aromatic heterocycles. The maximum absolute atomic E-state index is 14.0. The van der Waals surface area contributed by atoms with E-state index >= 15 is 0 Å². The van der Waals surface area contributed by atoms with E-state index in [-0.39, 0.29) is 5.41 Å². The summed E-state index contributed by atoms with van der Waals surface area (Å²) in [4.78, 5) is 4.72. The molecule has 1 atom stereocenters. The van der Waals surface area contributed by atoms with Gasteiger partial charge in [-0.1, -0.05) is 24.3 Å². The molecular weight excluding hydrogens is 346 g/mol. The number of piperidine rings is 1. The van der Waals surface area contributed by atoms with Crippen molar-refractivity contribution in [2.24, 2.45) is 5.41 Å². The molecule has 2 aliphatic rings. The molecule has 0 amide bonds. The van der Waals surface area contributed by atoms with Crippen LogP contribution in [0.3, 0.4) is 0 Å². The van der Waals surface area contributed by atoms with Crippen LogP contribution >= 0.6 is 0 Å². The molecule has 2 saturated heterocycles. The van der Waals surface area contributed by atoms with E-state index in [9.17, 15) is 13.9 Å². The minimum absolute atomic E-state index is 0.235. The number of aromatic hydroxyl groups is 1. The number of benzene rings is 2. The third kappa shape index (κ3) is 4.14. The fourth-order valence-corrected chi connectivity index (χ4v) is 4.77. The molecular formula is C22H26F2N2O. The molecule has 144 valence electrons. The average molecular weight is 372 g/mol. The Kier molecular flexibility index (Phi) is 5.15. The molecule has 0 radical (unpaired) electrons. The van der Waals surface area contributed by atoms with Crippen LogP contribution in [0.25, 0.3) is 0 Å². The molecule has 2 aromatic carbocycles. The number of halogens is 2. The molecule has 0 saturated carbocycles. The highest BCUT2D eigenvalue weighted by Gasteiger charge is 2.41. The van der Waals surface area contributed by atoms with E-state index < -0.39 is 11.6 Å². The van der Waals surface area contributed by atoms with E-state index in [0.717, 1.165) is 51.1 Å². The summed E-state index contributed by atoms with van der Waals surface area (Å²) < 4.78 is 27.5. The predicted octanol–water partition coefficient (Wildman–Crippen LogP) is 4.16. The second kappa shape index (κ2) is 7.56. The van der Waals surface area contributed by atoms with Crippen LogP contribution in [-0.4, -0.2) is 41.1 Å². The van der Waals surface area contributed by atoms with Crippen molar-refractivity contribution >= 4 is 0 Å². The summed E-state index contributed by atoms with van der Waals surface area (Å²) in [6.07, 6.45) is 3.41. The van der Waals surface area contributed by atoms with Crippen LogP contribution in [0.2, 0.25) is 0 Å². The highest BCUT2D eigenvalue weighted by molar-refractivity contribution is 5.27. The lowest BCUT2D eigenvalue weighted by atomic mass is 9.79. The zero-order chi connectivity index (χ0) is 18.9. The first-order valence-electron chi connectivity index (χ1n) is 9.69. The van der Waals surface area contributed by atoms with Crippen molar-refractivity contribution in [1.82, 2.24) is 9.80 Å². The van der Waals surface area contributed by atoms with Gasteiger partial charge in [-0.2, -0.15) is 0 Å². The van der Waals surface area contributed by atoms with Crippen LogP contribution in [0.1, 0.15) is 30.4 Å². The van der Waals surface area contributed by atoms with Gasteiger partial charge in [0.15, 0.2) is 11.6 Å². The second-order valence-corrected chi connectivity index (χ2v) is 8.16. The fourth-order valence-electron chi connectivity index (χ4n) is 4.77. The molecule has 4 rings (SSSR count). The Hall–Kier alpha value is -1.98. The van der Waals surface area contributed by atoms with Crippen molar-refractivity contribution < 1.29 is 13.9 Å². The highest BCUT2D eigenvalue weighted by atomic mass is 19.2. The Morgan fingerprint density at radius 1 is 0.926 bits per heavy atom. The summed E-state index contributed by atoms with van der Waals surface area (Å²) in [7, 11) is 0. The summed E-state index contributed by atoms with van der Waals surface area (Å²) >= 11 is 0. The summed E-state index contributed by atoms with van der Waals surface area (Å²) in [5, 5.41) is 9.66. The van der Waals surface area contributed by atoms with Gasteiger partial charge in [-0.05, 0) is 61.5 Å². The maximum atomic E-state index is 14.0. The van der Waals surface area contributed by atoms with Crippen molar-refractivity contribution in [3.05, 3.63) is 65.2 Å². The van der Waals surface area contributed by atoms with Crippen molar-refractivity contribution in [2.75, 3.05) is 26.2 Å². The van der Waals surface area contributed by atoms with Gasteiger partial charge in [0.1, 0.15) is 5.75 Å². The van der Waals surface area contributed by atoms with Crippen LogP contribution in [0, 0.1) is 17.0 Å². The van der Waals surface area contributed by atoms with E-state index in [1.165, 1.54) is 12.5 Å². The van der Waals surface area contributed by atoms with Crippen molar-refractivity contribution in [1.29, 1.82) is 0 Å². The Morgan fingerprint density at radius 2 is 1.70 bits per heavy atom. The number of likely N-dealkylation sites (tertiary alicyclic amines) is 2. The standard InChI is InChI=1S/C22H26F2N2O/c23-20-7-2-5-18(21(20)24)14-25-10-3-8-22(15-25)9-11-26(16-22)13-17-4-1-6-19(27)12-17/h1-2,4-7,12,27H,3,8-11,13-16H2. The van der Waals surface area contributed by atoms with Gasteiger partial charge in [0, 0.05) is 31.7 Å². The zero-order valence-electron chi connectivity index (χ0n) is 15.5. The summed E-state index contributed by atoms with van der Waals surface area (Å²) in [6.45, 7) is 5.24. The topological polar surface area (TPSA) is 26.7 Å². The molecule has 0 bridgehead atoms. The smallest absolute Gasteiger partial charge is 0.163 e. The van der Waals surface area contributed by atoms with Gasteiger partial charge < -0.3 is 5.11 Å². The first-order valence-corrected chi connectivity index (χ1v) is 9.69. The first-order chi connectivity index (χ1) is 13.0. The molecule has 1 N–H and O–H groups in total. The summed E-state index contributed by atoms with van der Waals surface area (Å²) in [5.41, 5.74) is 1.81. The van der Waals surface area contributed by atoms with Crippen LogP contribution in [0.5, 0.6) is 5.75 Å². The van der Waals surface area contributed by atoms with E-state index in [1.54, 1.807) is 18.2 Å². The lowest BCUT2D eigenvalue weighted by molar-refractivity contribution is 0.0856. The summed E-state index contributed by atoms with van der Waals surface area (Å²) in [5.74, 6) is -1.17. The molecule has 27 heavy (non-hydrogen) atoms. The largest absolute Gasteiger partial charge is 0.508 e. The normalized spacial score (nSPS) is 23.9. The van der Waals surface area contributed by atoms with Gasteiger partial charge in [-0.25, -0.2) is 8.78 Å². The van der Waals surface area contributed by atoms with Crippen LogP contribution in [0.4, 0.5) is 8.78 Å². The molecule has 0 aliphatic carbocycles. The number of rotatable bonds is 4. The van der Waals surface area contributed by atoms with Gasteiger partial charge in [0.25, 0.3) is 0 Å². The molecule has 2 fully saturated rings. The minimum Gasteiger partial charge on any atom is -0.508 e.